The fourth-order valence-corrected chi connectivity index (χ4v) is 3.91. The number of nitrogens with zero attached hydrogens (tertiary/aromatic N) is 5. The van der Waals surface area contributed by atoms with Crippen molar-refractivity contribution in [1.82, 2.24) is 25.1 Å². The molecule has 2 aromatic carbocycles. The molecule has 8 nitrogen and oxygen atoms in total. The standard InChI is InChI=1S/C23H23N5O3/c1-4-29-19-8-6-5-7-17(19)22-24-23(31-26-22)21-18-13-30-20(12-28(18)27-25-21)16-10-9-14(2)11-15(16)3/h5-11,20H,4,12-13H2,1-3H3. The highest BCUT2D eigenvalue weighted by atomic mass is 16.5. The van der Waals surface area contributed by atoms with Crippen LogP contribution in [0.15, 0.2) is 47.0 Å². The van der Waals surface area contributed by atoms with Gasteiger partial charge in [0, 0.05) is 0 Å². The summed E-state index contributed by atoms with van der Waals surface area (Å²) in [7, 11) is 0. The molecule has 0 bridgehead atoms. The minimum absolute atomic E-state index is 0.0704. The Balaban J connectivity index is 1.42. The van der Waals surface area contributed by atoms with Crippen molar-refractivity contribution in [3.8, 4) is 28.7 Å². The quantitative estimate of drug-likeness (QED) is 0.479. The summed E-state index contributed by atoms with van der Waals surface area (Å²) in [5, 5.41) is 12.8. The molecule has 0 saturated carbocycles. The third-order valence-corrected chi connectivity index (χ3v) is 5.43. The van der Waals surface area contributed by atoms with Crippen molar-refractivity contribution in [3.63, 3.8) is 0 Å². The maximum absolute atomic E-state index is 6.16. The largest absolute Gasteiger partial charge is 0.493 e. The third-order valence-electron chi connectivity index (χ3n) is 5.43. The van der Waals surface area contributed by atoms with Gasteiger partial charge < -0.3 is 14.0 Å². The van der Waals surface area contributed by atoms with E-state index in [1.807, 2.05) is 35.9 Å². The Kier molecular flexibility index (Phi) is 4.99. The van der Waals surface area contributed by atoms with Gasteiger partial charge in [-0.15, -0.1) is 5.10 Å². The van der Waals surface area contributed by atoms with E-state index in [4.69, 9.17) is 14.0 Å². The van der Waals surface area contributed by atoms with Gasteiger partial charge >= 0.3 is 0 Å². The van der Waals surface area contributed by atoms with Crippen LogP contribution >= 0.6 is 0 Å². The first kappa shape index (κ1) is 19.4. The van der Waals surface area contributed by atoms with Crippen molar-refractivity contribution in [3.05, 3.63) is 64.8 Å². The monoisotopic (exact) mass is 417 g/mol. The van der Waals surface area contributed by atoms with Crippen LogP contribution in [-0.4, -0.2) is 31.7 Å². The third kappa shape index (κ3) is 3.59. The molecule has 3 heterocycles. The lowest BCUT2D eigenvalue weighted by atomic mass is 10.0. The van der Waals surface area contributed by atoms with Crippen molar-refractivity contribution >= 4 is 0 Å². The van der Waals surface area contributed by atoms with E-state index in [0.717, 1.165) is 11.3 Å². The summed E-state index contributed by atoms with van der Waals surface area (Å²) < 4.78 is 19.2. The van der Waals surface area contributed by atoms with E-state index >= 15 is 0 Å². The van der Waals surface area contributed by atoms with Crippen LogP contribution in [0.4, 0.5) is 0 Å². The maximum Gasteiger partial charge on any atom is 0.280 e. The Morgan fingerprint density at radius 3 is 2.87 bits per heavy atom. The van der Waals surface area contributed by atoms with E-state index in [2.05, 4.69) is 52.5 Å². The van der Waals surface area contributed by atoms with E-state index in [-0.39, 0.29) is 6.10 Å². The minimum atomic E-state index is -0.0704. The molecular weight excluding hydrogens is 394 g/mol. The van der Waals surface area contributed by atoms with E-state index in [0.29, 0.717) is 42.9 Å². The lowest BCUT2D eigenvalue weighted by Gasteiger charge is -2.25. The highest BCUT2D eigenvalue weighted by Gasteiger charge is 2.29. The smallest absolute Gasteiger partial charge is 0.280 e. The second kappa shape index (κ2) is 7.96. The number of benzene rings is 2. The van der Waals surface area contributed by atoms with Crippen LogP contribution in [0, 0.1) is 13.8 Å². The Bertz CT molecular complexity index is 1230. The molecule has 1 aliphatic rings. The van der Waals surface area contributed by atoms with Gasteiger partial charge in [0.1, 0.15) is 11.9 Å². The molecule has 1 aliphatic heterocycles. The highest BCUT2D eigenvalue weighted by molar-refractivity contribution is 5.65. The summed E-state index contributed by atoms with van der Waals surface area (Å²) in [6.07, 6.45) is -0.0704. The molecule has 1 atom stereocenters. The molecule has 8 heteroatoms. The number of ether oxygens (including phenoxy) is 2. The zero-order valence-corrected chi connectivity index (χ0v) is 17.7. The first-order valence-corrected chi connectivity index (χ1v) is 10.3. The molecule has 2 aromatic heterocycles. The number of hydrogen-bond donors (Lipinski definition) is 0. The van der Waals surface area contributed by atoms with Gasteiger partial charge in [0.05, 0.1) is 31.0 Å². The second-order valence-corrected chi connectivity index (χ2v) is 7.58. The Morgan fingerprint density at radius 2 is 2.03 bits per heavy atom. The highest BCUT2D eigenvalue weighted by Crippen LogP contribution is 2.33. The van der Waals surface area contributed by atoms with Crippen LogP contribution in [0.3, 0.4) is 0 Å². The van der Waals surface area contributed by atoms with Crippen LogP contribution < -0.4 is 4.74 Å². The Morgan fingerprint density at radius 1 is 1.16 bits per heavy atom. The molecule has 31 heavy (non-hydrogen) atoms. The summed E-state index contributed by atoms with van der Waals surface area (Å²) in [6, 6.07) is 14.0. The summed E-state index contributed by atoms with van der Waals surface area (Å²) in [5.74, 6) is 1.48. The van der Waals surface area contributed by atoms with E-state index in [1.54, 1.807) is 0 Å². The number of para-hydroxylation sites is 1. The summed E-state index contributed by atoms with van der Waals surface area (Å²) in [5.41, 5.74) is 5.76. The van der Waals surface area contributed by atoms with Crippen molar-refractivity contribution < 1.29 is 14.0 Å². The van der Waals surface area contributed by atoms with Gasteiger partial charge in [-0.1, -0.05) is 46.3 Å². The van der Waals surface area contributed by atoms with Crippen LogP contribution in [0.5, 0.6) is 5.75 Å². The van der Waals surface area contributed by atoms with E-state index < -0.39 is 0 Å². The topological polar surface area (TPSA) is 88.1 Å². The van der Waals surface area contributed by atoms with Crippen molar-refractivity contribution in [2.45, 2.75) is 40.0 Å². The molecular formula is C23H23N5O3. The number of rotatable bonds is 5. The molecule has 0 spiro atoms. The molecule has 0 aliphatic carbocycles. The summed E-state index contributed by atoms with van der Waals surface area (Å²) >= 11 is 0. The SMILES string of the molecule is CCOc1ccccc1-c1noc(-c2nnn3c2COC(c2ccc(C)cc2C)C3)n1. The van der Waals surface area contributed by atoms with Crippen LogP contribution in [0.2, 0.25) is 0 Å². The molecule has 4 aromatic rings. The molecule has 0 N–H and O–H groups in total. The Labute approximate surface area is 179 Å². The van der Waals surface area contributed by atoms with Crippen molar-refractivity contribution in [2.75, 3.05) is 6.61 Å². The fourth-order valence-electron chi connectivity index (χ4n) is 3.91. The lowest BCUT2D eigenvalue weighted by molar-refractivity contribution is -0.00153. The number of hydrogen-bond acceptors (Lipinski definition) is 7. The molecule has 0 fully saturated rings. The zero-order chi connectivity index (χ0) is 21.4. The molecule has 0 radical (unpaired) electrons. The maximum atomic E-state index is 6.16. The van der Waals surface area contributed by atoms with Crippen LogP contribution in [0.1, 0.15) is 35.4 Å². The van der Waals surface area contributed by atoms with Gasteiger partial charge in [0.2, 0.25) is 5.82 Å². The fraction of sp³-hybridized carbons (Fsp3) is 0.304. The van der Waals surface area contributed by atoms with E-state index in [9.17, 15) is 0 Å². The number of aryl methyl sites for hydroxylation is 2. The van der Waals surface area contributed by atoms with Gasteiger partial charge in [-0.2, -0.15) is 4.98 Å². The van der Waals surface area contributed by atoms with Crippen molar-refractivity contribution in [2.24, 2.45) is 0 Å². The minimum Gasteiger partial charge on any atom is -0.493 e. The molecule has 0 saturated heterocycles. The first-order chi connectivity index (χ1) is 15.1. The number of aromatic nitrogens is 5. The normalized spacial score (nSPS) is 15.6. The van der Waals surface area contributed by atoms with Gasteiger partial charge in [0.25, 0.3) is 5.89 Å². The zero-order valence-electron chi connectivity index (χ0n) is 17.7. The molecule has 158 valence electrons. The molecule has 1 unspecified atom stereocenters. The van der Waals surface area contributed by atoms with Crippen LogP contribution in [-0.2, 0) is 17.9 Å². The average Bonchev–Trinajstić information content (AvgIpc) is 3.41. The Hall–Kier alpha value is -3.52. The van der Waals surface area contributed by atoms with E-state index in [1.165, 1.54) is 16.7 Å². The second-order valence-electron chi connectivity index (χ2n) is 7.58. The van der Waals surface area contributed by atoms with Gasteiger partial charge in [-0.3, -0.25) is 0 Å². The van der Waals surface area contributed by atoms with Crippen LogP contribution in [0.25, 0.3) is 23.0 Å². The van der Waals surface area contributed by atoms with Gasteiger partial charge in [-0.05, 0) is 44.0 Å². The molecule has 0 amide bonds. The summed E-state index contributed by atoms with van der Waals surface area (Å²) in [4.78, 5) is 4.55. The van der Waals surface area contributed by atoms with Crippen molar-refractivity contribution in [1.29, 1.82) is 0 Å². The predicted molar refractivity (Wildman–Crippen MR) is 113 cm³/mol. The number of fused-ring (bicyclic) bond motifs is 1. The van der Waals surface area contributed by atoms with Gasteiger partial charge in [-0.25, -0.2) is 4.68 Å². The van der Waals surface area contributed by atoms with Gasteiger partial charge in [0.15, 0.2) is 5.69 Å². The average molecular weight is 417 g/mol. The molecule has 5 rings (SSSR count). The summed E-state index contributed by atoms with van der Waals surface area (Å²) in [6.45, 7) is 7.64. The lowest BCUT2D eigenvalue weighted by Crippen LogP contribution is -2.22. The predicted octanol–water partition coefficient (Wildman–Crippen LogP) is 4.28. The first-order valence-electron chi connectivity index (χ1n) is 10.3.